The maximum atomic E-state index is 11.5. The summed E-state index contributed by atoms with van der Waals surface area (Å²) in [6.45, 7) is 0. The van der Waals surface area contributed by atoms with Crippen molar-refractivity contribution in [1.82, 2.24) is 0 Å². The number of anilines is 1. The zero-order valence-electron chi connectivity index (χ0n) is 12.7. The number of carbonyl (C=O) groups is 1. The average Bonchev–Trinajstić information content (AvgIpc) is 2.59. The highest BCUT2D eigenvalue weighted by Crippen LogP contribution is 2.28. The highest BCUT2D eigenvalue weighted by Gasteiger charge is 2.15. The molecule has 1 N–H and O–H groups in total. The fraction of sp³-hybridized carbons (Fsp3) is 0.176. The maximum Gasteiger partial charge on any atom is 0.122 e. The Morgan fingerprint density at radius 1 is 1.17 bits per heavy atom. The molecule has 0 saturated heterocycles. The zero-order chi connectivity index (χ0) is 16.8. The molecule has 6 heteroatoms. The van der Waals surface area contributed by atoms with Crippen molar-refractivity contribution in [2.24, 2.45) is 0 Å². The van der Waals surface area contributed by atoms with Crippen LogP contribution in [0.5, 0.6) is 11.5 Å². The van der Waals surface area contributed by atoms with E-state index in [9.17, 15) is 9.90 Å². The molecule has 6 nitrogen and oxygen atoms in total. The van der Waals surface area contributed by atoms with E-state index in [1.807, 2.05) is 6.07 Å². The van der Waals surface area contributed by atoms with Crippen molar-refractivity contribution >= 4 is 11.7 Å². The van der Waals surface area contributed by atoms with Gasteiger partial charge < -0.3 is 24.7 Å². The van der Waals surface area contributed by atoms with Crippen LogP contribution in [0.3, 0.4) is 0 Å². The van der Waals surface area contributed by atoms with E-state index < -0.39 is 12.0 Å². The maximum absolute atomic E-state index is 11.5. The zero-order valence-corrected chi connectivity index (χ0v) is 12.7. The van der Waals surface area contributed by atoms with Crippen LogP contribution in [0.4, 0.5) is 5.69 Å². The summed E-state index contributed by atoms with van der Waals surface area (Å²) in [7, 11) is 2.97. The minimum absolute atomic E-state index is 0.420. The predicted molar refractivity (Wildman–Crippen MR) is 82.1 cm³/mol. The van der Waals surface area contributed by atoms with Crippen LogP contribution in [-0.4, -0.2) is 20.2 Å². The number of hydrogen-bond acceptors (Lipinski definition) is 6. The molecule has 0 bridgehead atoms. The van der Waals surface area contributed by atoms with E-state index in [0.717, 1.165) is 0 Å². The van der Waals surface area contributed by atoms with Gasteiger partial charge in [0.1, 0.15) is 11.5 Å². The van der Waals surface area contributed by atoms with Crippen LogP contribution in [0, 0.1) is 11.3 Å². The minimum Gasteiger partial charge on any atom is -0.548 e. The smallest absolute Gasteiger partial charge is 0.122 e. The van der Waals surface area contributed by atoms with Gasteiger partial charge >= 0.3 is 0 Å². The minimum atomic E-state index is -1.30. The van der Waals surface area contributed by atoms with Gasteiger partial charge in [0.2, 0.25) is 0 Å². The Kier molecular flexibility index (Phi) is 5.05. The molecule has 0 spiro atoms. The summed E-state index contributed by atoms with van der Waals surface area (Å²) in [5, 5.41) is 23.3. The molecule has 0 aliphatic rings. The second-order valence-corrected chi connectivity index (χ2v) is 4.73. The molecule has 0 aliphatic heterocycles. The topological polar surface area (TPSA) is 94.4 Å². The Bertz CT molecular complexity index is 730. The summed E-state index contributed by atoms with van der Waals surface area (Å²) in [4.78, 5) is 11.5. The standard InChI is InChI=1S/C17H16N2O4/c1-22-14-7-12(8-15(9-14)23-2)16(17(20)21)19-13-5-3-4-11(6-13)10-18/h3-9,16,19H,1-2H3,(H,20,21)/p-1. The summed E-state index contributed by atoms with van der Waals surface area (Å²) >= 11 is 0. The first-order valence-electron chi connectivity index (χ1n) is 6.78. The second-order valence-electron chi connectivity index (χ2n) is 4.73. The molecule has 0 saturated carbocycles. The molecule has 23 heavy (non-hydrogen) atoms. The highest BCUT2D eigenvalue weighted by atomic mass is 16.5. The number of hydrogen-bond donors (Lipinski definition) is 1. The van der Waals surface area contributed by atoms with Gasteiger partial charge in [0, 0.05) is 11.8 Å². The number of carbonyl (C=O) groups excluding carboxylic acids is 1. The Morgan fingerprint density at radius 2 is 1.83 bits per heavy atom. The number of carboxylic acid groups (broad SMARTS) is 1. The molecule has 0 fully saturated rings. The molecule has 1 atom stereocenters. The molecular formula is C17H15N2O4-. The van der Waals surface area contributed by atoms with Crippen LogP contribution in [0.25, 0.3) is 0 Å². The largest absolute Gasteiger partial charge is 0.548 e. The molecule has 0 amide bonds. The lowest BCUT2D eigenvalue weighted by Crippen LogP contribution is -2.34. The molecule has 0 aromatic heterocycles. The van der Waals surface area contributed by atoms with Crippen molar-refractivity contribution in [3.63, 3.8) is 0 Å². The Balaban J connectivity index is 2.38. The fourth-order valence-electron chi connectivity index (χ4n) is 2.12. The summed E-state index contributed by atoms with van der Waals surface area (Å²) in [6, 6.07) is 12.2. The van der Waals surface area contributed by atoms with E-state index in [2.05, 4.69) is 5.32 Å². The Morgan fingerprint density at radius 3 is 2.35 bits per heavy atom. The van der Waals surface area contributed by atoms with Gasteiger partial charge in [0.05, 0.1) is 37.9 Å². The Hall–Kier alpha value is -3.20. The van der Waals surface area contributed by atoms with Gasteiger partial charge in [-0.3, -0.25) is 0 Å². The van der Waals surface area contributed by atoms with Crippen molar-refractivity contribution in [1.29, 1.82) is 5.26 Å². The van der Waals surface area contributed by atoms with Crippen molar-refractivity contribution in [2.45, 2.75) is 6.04 Å². The number of ether oxygens (including phenoxy) is 2. The molecule has 2 aromatic carbocycles. The normalized spacial score (nSPS) is 11.2. The van der Waals surface area contributed by atoms with E-state index in [-0.39, 0.29) is 0 Å². The highest BCUT2D eigenvalue weighted by molar-refractivity contribution is 5.78. The number of benzene rings is 2. The SMILES string of the molecule is COc1cc(OC)cc(C(Nc2cccc(C#N)c2)C(=O)[O-])c1. The van der Waals surface area contributed by atoms with Crippen molar-refractivity contribution in [3.8, 4) is 17.6 Å². The molecule has 0 aliphatic carbocycles. The second kappa shape index (κ2) is 7.18. The number of nitrogens with one attached hydrogen (secondary N) is 1. The van der Waals surface area contributed by atoms with Crippen LogP contribution in [0.1, 0.15) is 17.2 Å². The van der Waals surface area contributed by atoms with E-state index in [1.54, 1.807) is 42.5 Å². The van der Waals surface area contributed by atoms with E-state index in [0.29, 0.717) is 28.3 Å². The fourth-order valence-corrected chi connectivity index (χ4v) is 2.12. The van der Waals surface area contributed by atoms with Crippen LogP contribution >= 0.6 is 0 Å². The van der Waals surface area contributed by atoms with Crippen LogP contribution in [0.15, 0.2) is 42.5 Å². The monoisotopic (exact) mass is 311 g/mol. The average molecular weight is 311 g/mol. The third kappa shape index (κ3) is 3.92. The van der Waals surface area contributed by atoms with Gasteiger partial charge in [0.15, 0.2) is 0 Å². The third-order valence-corrected chi connectivity index (χ3v) is 3.25. The van der Waals surface area contributed by atoms with Crippen LogP contribution < -0.4 is 19.9 Å². The molecule has 0 heterocycles. The molecule has 2 aromatic rings. The molecule has 118 valence electrons. The number of methoxy groups -OCH3 is 2. The number of nitrogens with zero attached hydrogens (tertiary/aromatic N) is 1. The molecule has 2 rings (SSSR count). The number of aliphatic carboxylic acids is 1. The Labute approximate surface area is 133 Å². The van der Waals surface area contributed by atoms with Crippen molar-refractivity contribution in [3.05, 3.63) is 53.6 Å². The van der Waals surface area contributed by atoms with E-state index >= 15 is 0 Å². The summed E-state index contributed by atoms with van der Waals surface area (Å²) < 4.78 is 10.3. The lowest BCUT2D eigenvalue weighted by Gasteiger charge is -2.22. The number of carboxylic acids is 1. The lowest BCUT2D eigenvalue weighted by molar-refractivity contribution is -0.307. The predicted octanol–water partition coefficient (Wildman–Crippen LogP) is 1.48. The van der Waals surface area contributed by atoms with E-state index in [1.165, 1.54) is 14.2 Å². The lowest BCUT2D eigenvalue weighted by atomic mass is 10.1. The molecule has 0 radical (unpaired) electrons. The molecular weight excluding hydrogens is 296 g/mol. The van der Waals surface area contributed by atoms with Crippen LogP contribution in [-0.2, 0) is 4.79 Å². The summed E-state index contributed by atoms with van der Waals surface area (Å²) in [6.07, 6.45) is 0. The van der Waals surface area contributed by atoms with Gasteiger partial charge in [-0.2, -0.15) is 5.26 Å². The first-order valence-corrected chi connectivity index (χ1v) is 6.78. The van der Waals surface area contributed by atoms with Gasteiger partial charge in [-0.1, -0.05) is 6.07 Å². The first-order chi connectivity index (χ1) is 11.1. The van der Waals surface area contributed by atoms with Gasteiger partial charge in [-0.15, -0.1) is 0 Å². The van der Waals surface area contributed by atoms with Gasteiger partial charge in [0.25, 0.3) is 0 Å². The van der Waals surface area contributed by atoms with Crippen LogP contribution in [0.2, 0.25) is 0 Å². The first kappa shape index (κ1) is 16.2. The number of rotatable bonds is 6. The third-order valence-electron chi connectivity index (χ3n) is 3.25. The number of nitriles is 1. The van der Waals surface area contributed by atoms with Gasteiger partial charge in [-0.05, 0) is 35.9 Å². The van der Waals surface area contributed by atoms with E-state index in [4.69, 9.17) is 14.7 Å². The summed E-state index contributed by atoms with van der Waals surface area (Å²) in [5.74, 6) is -0.362. The quantitative estimate of drug-likeness (QED) is 0.868. The van der Waals surface area contributed by atoms with Gasteiger partial charge in [-0.25, -0.2) is 0 Å². The van der Waals surface area contributed by atoms with Crippen molar-refractivity contribution in [2.75, 3.05) is 19.5 Å². The summed E-state index contributed by atoms with van der Waals surface area (Å²) in [5.41, 5.74) is 1.35. The molecule has 1 unspecified atom stereocenters. The van der Waals surface area contributed by atoms with Crippen molar-refractivity contribution < 1.29 is 19.4 Å².